The maximum Gasteiger partial charge on any atom is 0.243 e. The zero-order valence-electron chi connectivity index (χ0n) is 16.0. The van der Waals surface area contributed by atoms with Crippen molar-refractivity contribution in [2.45, 2.75) is 17.7 Å². The molecule has 1 atom stereocenters. The van der Waals surface area contributed by atoms with Gasteiger partial charge in [0.05, 0.1) is 17.0 Å². The molecule has 1 aliphatic rings. The van der Waals surface area contributed by atoms with Gasteiger partial charge in [0.25, 0.3) is 0 Å². The Labute approximate surface area is 173 Å². The molecular formula is C21H20FN3O4S. The van der Waals surface area contributed by atoms with Gasteiger partial charge in [-0.05, 0) is 49.2 Å². The van der Waals surface area contributed by atoms with Crippen LogP contribution in [0.25, 0.3) is 11.3 Å². The number of nitrogens with one attached hydrogen (secondary N) is 1. The largest absolute Gasteiger partial charge is 0.444 e. The van der Waals surface area contributed by atoms with Crippen molar-refractivity contribution in [3.8, 4) is 11.3 Å². The van der Waals surface area contributed by atoms with Crippen LogP contribution in [-0.2, 0) is 14.8 Å². The van der Waals surface area contributed by atoms with Gasteiger partial charge >= 0.3 is 0 Å². The maximum atomic E-state index is 13.1. The summed E-state index contributed by atoms with van der Waals surface area (Å²) in [5.41, 5.74) is 1.36. The Hall–Kier alpha value is -3.04. The molecule has 0 bridgehead atoms. The van der Waals surface area contributed by atoms with Crippen LogP contribution in [0.5, 0.6) is 0 Å². The minimum absolute atomic E-state index is 0.0183. The second-order valence-corrected chi connectivity index (χ2v) is 9.03. The molecule has 1 N–H and O–H groups in total. The third-order valence-electron chi connectivity index (χ3n) is 5.05. The molecule has 0 unspecified atom stereocenters. The highest BCUT2D eigenvalue weighted by Crippen LogP contribution is 2.26. The van der Waals surface area contributed by atoms with Crippen LogP contribution in [0.2, 0.25) is 0 Å². The first-order valence-corrected chi connectivity index (χ1v) is 10.9. The Morgan fingerprint density at radius 1 is 1.20 bits per heavy atom. The molecule has 4 rings (SSSR count). The number of carbonyl (C=O) groups excluding carboxylic acids is 1. The molecule has 1 fully saturated rings. The van der Waals surface area contributed by atoms with Gasteiger partial charge in [0.2, 0.25) is 15.9 Å². The molecule has 1 amide bonds. The van der Waals surface area contributed by atoms with Crippen LogP contribution < -0.4 is 5.32 Å². The SMILES string of the molecule is O=C(Nc1cccc(-c2cnco2)c1)[C@@H]1CCCN(S(=O)(=O)c2ccc(F)cc2)C1. The van der Waals surface area contributed by atoms with Gasteiger partial charge < -0.3 is 9.73 Å². The topological polar surface area (TPSA) is 92.5 Å². The summed E-state index contributed by atoms with van der Waals surface area (Å²) in [6, 6.07) is 11.9. The van der Waals surface area contributed by atoms with Crippen LogP contribution in [-0.4, -0.2) is 36.7 Å². The van der Waals surface area contributed by atoms with Gasteiger partial charge in [-0.1, -0.05) is 12.1 Å². The minimum Gasteiger partial charge on any atom is -0.444 e. The fraction of sp³-hybridized carbons (Fsp3) is 0.238. The zero-order chi connectivity index (χ0) is 21.1. The van der Waals surface area contributed by atoms with Crippen molar-refractivity contribution in [2.24, 2.45) is 5.92 Å². The number of halogens is 1. The van der Waals surface area contributed by atoms with E-state index in [2.05, 4.69) is 10.3 Å². The predicted molar refractivity (Wildman–Crippen MR) is 108 cm³/mol. The number of sulfonamides is 1. The molecule has 0 aliphatic carbocycles. The van der Waals surface area contributed by atoms with Crippen molar-refractivity contribution in [3.05, 3.63) is 66.9 Å². The first-order chi connectivity index (χ1) is 14.4. The van der Waals surface area contributed by atoms with E-state index in [1.165, 1.54) is 22.8 Å². The zero-order valence-corrected chi connectivity index (χ0v) is 16.8. The number of benzene rings is 2. The Bertz CT molecular complexity index is 1130. The summed E-state index contributed by atoms with van der Waals surface area (Å²) in [5.74, 6) is -0.649. The number of anilines is 1. The molecule has 9 heteroatoms. The molecule has 7 nitrogen and oxygen atoms in total. The summed E-state index contributed by atoms with van der Waals surface area (Å²) in [6.07, 6.45) is 4.07. The van der Waals surface area contributed by atoms with Crippen molar-refractivity contribution in [2.75, 3.05) is 18.4 Å². The lowest BCUT2D eigenvalue weighted by molar-refractivity contribution is -0.120. The standard InChI is InChI=1S/C21H20FN3O4S/c22-17-6-8-19(9-7-17)30(27,28)25-10-2-4-16(13-25)21(26)24-18-5-1-3-15(11-18)20-12-23-14-29-20/h1,3,5-9,11-12,14,16H,2,4,10,13H2,(H,24,26)/t16-/m1/s1. The molecule has 156 valence electrons. The second kappa shape index (κ2) is 8.37. The number of amides is 1. The van der Waals surface area contributed by atoms with Crippen molar-refractivity contribution < 1.29 is 22.0 Å². The lowest BCUT2D eigenvalue weighted by Crippen LogP contribution is -2.43. The van der Waals surface area contributed by atoms with Gasteiger partial charge in [-0.2, -0.15) is 4.31 Å². The Morgan fingerprint density at radius 3 is 2.73 bits per heavy atom. The van der Waals surface area contributed by atoms with E-state index in [9.17, 15) is 17.6 Å². The Balaban J connectivity index is 1.46. The second-order valence-electron chi connectivity index (χ2n) is 7.09. The third-order valence-corrected chi connectivity index (χ3v) is 6.93. The Kier molecular flexibility index (Phi) is 5.65. The summed E-state index contributed by atoms with van der Waals surface area (Å²) in [6.45, 7) is 0.401. The number of hydrogen-bond donors (Lipinski definition) is 1. The lowest BCUT2D eigenvalue weighted by Gasteiger charge is -2.31. The molecule has 2 heterocycles. The van der Waals surface area contributed by atoms with E-state index in [0.717, 1.165) is 17.7 Å². The quantitative estimate of drug-likeness (QED) is 0.670. The first-order valence-electron chi connectivity index (χ1n) is 9.49. The molecule has 2 aromatic carbocycles. The first kappa shape index (κ1) is 20.2. The summed E-state index contributed by atoms with van der Waals surface area (Å²) >= 11 is 0. The molecule has 1 saturated heterocycles. The number of carbonyl (C=O) groups is 1. The van der Waals surface area contributed by atoms with E-state index in [1.807, 2.05) is 6.07 Å². The van der Waals surface area contributed by atoms with Crippen LogP contribution in [0, 0.1) is 11.7 Å². The molecule has 0 radical (unpaired) electrons. The van der Waals surface area contributed by atoms with Gasteiger partial charge in [-0.3, -0.25) is 4.79 Å². The van der Waals surface area contributed by atoms with E-state index < -0.39 is 21.8 Å². The van der Waals surface area contributed by atoms with Crippen LogP contribution in [0.4, 0.5) is 10.1 Å². The molecule has 30 heavy (non-hydrogen) atoms. The smallest absolute Gasteiger partial charge is 0.243 e. The van der Waals surface area contributed by atoms with Crippen molar-refractivity contribution >= 4 is 21.6 Å². The van der Waals surface area contributed by atoms with Gasteiger partial charge in [0.15, 0.2) is 12.2 Å². The predicted octanol–water partition coefficient (Wildman–Crippen LogP) is 3.52. The van der Waals surface area contributed by atoms with Gasteiger partial charge in [-0.15, -0.1) is 0 Å². The van der Waals surface area contributed by atoms with Crippen molar-refractivity contribution in [1.82, 2.24) is 9.29 Å². The number of piperidine rings is 1. The summed E-state index contributed by atoms with van der Waals surface area (Å²) in [7, 11) is -3.79. The van der Waals surface area contributed by atoms with Crippen LogP contribution in [0.1, 0.15) is 12.8 Å². The molecule has 0 spiro atoms. The van der Waals surface area contributed by atoms with Gasteiger partial charge in [0, 0.05) is 24.3 Å². The van der Waals surface area contributed by atoms with Crippen LogP contribution in [0.3, 0.4) is 0 Å². The Morgan fingerprint density at radius 2 is 2.00 bits per heavy atom. The highest BCUT2D eigenvalue weighted by molar-refractivity contribution is 7.89. The summed E-state index contributed by atoms with van der Waals surface area (Å²) in [5, 5.41) is 2.86. The third kappa shape index (κ3) is 4.27. The average Bonchev–Trinajstić information content (AvgIpc) is 3.29. The van der Waals surface area contributed by atoms with E-state index in [0.29, 0.717) is 30.8 Å². The maximum absolute atomic E-state index is 13.1. The normalized spacial score (nSPS) is 17.6. The van der Waals surface area contributed by atoms with E-state index >= 15 is 0 Å². The summed E-state index contributed by atoms with van der Waals surface area (Å²) < 4.78 is 45.4. The highest BCUT2D eigenvalue weighted by atomic mass is 32.2. The van der Waals surface area contributed by atoms with Crippen LogP contribution in [0.15, 0.2) is 70.4 Å². The molecule has 1 aliphatic heterocycles. The number of aromatic nitrogens is 1. The van der Waals surface area contributed by atoms with Crippen LogP contribution >= 0.6 is 0 Å². The van der Waals surface area contributed by atoms with E-state index in [-0.39, 0.29) is 17.3 Å². The van der Waals surface area contributed by atoms with Crippen molar-refractivity contribution in [1.29, 1.82) is 0 Å². The fourth-order valence-electron chi connectivity index (χ4n) is 3.48. The number of nitrogens with zero attached hydrogens (tertiary/aromatic N) is 2. The minimum atomic E-state index is -3.79. The van der Waals surface area contributed by atoms with Crippen molar-refractivity contribution in [3.63, 3.8) is 0 Å². The number of hydrogen-bond acceptors (Lipinski definition) is 5. The van der Waals surface area contributed by atoms with E-state index in [4.69, 9.17) is 4.42 Å². The molecule has 3 aromatic rings. The molecular weight excluding hydrogens is 409 g/mol. The number of rotatable bonds is 5. The lowest BCUT2D eigenvalue weighted by atomic mass is 9.98. The van der Waals surface area contributed by atoms with Gasteiger partial charge in [0.1, 0.15) is 5.82 Å². The molecule has 1 aromatic heterocycles. The molecule has 0 saturated carbocycles. The van der Waals surface area contributed by atoms with Gasteiger partial charge in [-0.25, -0.2) is 17.8 Å². The highest BCUT2D eigenvalue weighted by Gasteiger charge is 2.33. The average molecular weight is 429 g/mol. The number of oxazole rings is 1. The van der Waals surface area contributed by atoms with E-state index in [1.54, 1.807) is 24.4 Å². The monoisotopic (exact) mass is 429 g/mol. The fourth-order valence-corrected chi connectivity index (χ4v) is 5.01. The summed E-state index contributed by atoms with van der Waals surface area (Å²) in [4.78, 5) is 16.7.